The van der Waals surface area contributed by atoms with Crippen LogP contribution in [0.15, 0.2) is 22.4 Å². The van der Waals surface area contributed by atoms with E-state index in [1.807, 2.05) is 6.20 Å². The third-order valence-corrected chi connectivity index (χ3v) is 14.0. The number of nitrogens with zero attached hydrogens (tertiary/aromatic N) is 1. The van der Waals surface area contributed by atoms with Crippen LogP contribution in [0.5, 0.6) is 0 Å². The molecule has 1 heterocycles. The fraction of sp³-hybridized carbons (Fsp3) is 0.806. The van der Waals surface area contributed by atoms with Crippen molar-refractivity contribution in [3.63, 3.8) is 0 Å². The molecule has 1 N–H and O–H groups in total. The predicted molar refractivity (Wildman–Crippen MR) is 164 cm³/mol. The highest BCUT2D eigenvalue weighted by molar-refractivity contribution is 5.95. The van der Waals surface area contributed by atoms with Gasteiger partial charge in [0.05, 0.1) is 13.3 Å². The molecule has 0 aromatic carbocycles. The summed E-state index contributed by atoms with van der Waals surface area (Å²) in [6, 6.07) is 0. The number of ether oxygens (including phenoxy) is 1. The van der Waals surface area contributed by atoms with Crippen LogP contribution in [0.3, 0.4) is 0 Å². The van der Waals surface area contributed by atoms with E-state index in [-0.39, 0.29) is 44.4 Å². The Morgan fingerprint density at radius 2 is 1.81 bits per heavy atom. The number of rotatable bonds is 6. The van der Waals surface area contributed by atoms with Crippen LogP contribution in [0.25, 0.3) is 0 Å². The molecule has 7 atom stereocenters. The smallest absolute Gasteiger partial charge is 0.305 e. The monoisotopic (exact) mass is 578 g/mol. The van der Waals surface area contributed by atoms with Gasteiger partial charge < -0.3 is 14.6 Å². The van der Waals surface area contributed by atoms with E-state index in [1.54, 1.807) is 0 Å². The molecular formula is C36H54N2O4. The number of carbonyl (C=O) groups excluding carboxylic acids is 2. The highest BCUT2D eigenvalue weighted by Gasteiger charge is 2.69. The maximum atomic E-state index is 14.7. The number of ketones is 1. The summed E-state index contributed by atoms with van der Waals surface area (Å²) in [7, 11) is 1.46. The first-order chi connectivity index (χ1) is 19.6. The summed E-state index contributed by atoms with van der Waals surface area (Å²) < 4.78 is 10.7. The summed E-state index contributed by atoms with van der Waals surface area (Å²) in [5.74, 6) is 2.13. The van der Waals surface area contributed by atoms with Crippen LogP contribution in [0.2, 0.25) is 0 Å². The molecule has 6 nitrogen and oxygen atoms in total. The van der Waals surface area contributed by atoms with E-state index in [0.717, 1.165) is 57.4 Å². The minimum atomic E-state index is -0.144. The molecule has 1 aromatic rings. The fourth-order valence-corrected chi connectivity index (χ4v) is 11.5. The van der Waals surface area contributed by atoms with Crippen LogP contribution < -0.4 is 5.32 Å². The van der Waals surface area contributed by atoms with E-state index in [1.165, 1.54) is 37.5 Å². The Balaban J connectivity index is 1.36. The van der Waals surface area contributed by atoms with Gasteiger partial charge in [-0.15, -0.1) is 0 Å². The predicted octanol–water partition coefficient (Wildman–Crippen LogP) is 7.21. The molecule has 6 heteroatoms. The van der Waals surface area contributed by atoms with Gasteiger partial charge in [-0.25, -0.2) is 0 Å². The number of esters is 1. The highest BCUT2D eigenvalue weighted by atomic mass is 16.5. The van der Waals surface area contributed by atoms with Gasteiger partial charge in [0, 0.05) is 29.9 Å². The summed E-state index contributed by atoms with van der Waals surface area (Å²) in [6.07, 6.45) is 14.3. The van der Waals surface area contributed by atoms with Crippen molar-refractivity contribution in [1.82, 2.24) is 10.5 Å². The van der Waals surface area contributed by atoms with Gasteiger partial charge in [0.25, 0.3) is 0 Å². The average molecular weight is 579 g/mol. The lowest BCUT2D eigenvalue weighted by molar-refractivity contribution is -0.171. The van der Waals surface area contributed by atoms with E-state index in [4.69, 9.17) is 9.26 Å². The molecular weight excluding hydrogens is 524 g/mol. The van der Waals surface area contributed by atoms with Crippen molar-refractivity contribution in [3.05, 3.63) is 29.2 Å². The molecule has 0 amide bonds. The summed E-state index contributed by atoms with van der Waals surface area (Å²) in [6.45, 7) is 18.7. The molecule has 0 spiro atoms. The van der Waals surface area contributed by atoms with Gasteiger partial charge in [0.1, 0.15) is 5.76 Å². The van der Waals surface area contributed by atoms with Crippen LogP contribution >= 0.6 is 0 Å². The third-order valence-electron chi connectivity index (χ3n) is 14.0. The van der Waals surface area contributed by atoms with Gasteiger partial charge in [-0.2, -0.15) is 0 Å². The standard InChI is InChI=1S/C36H54N2O4/c1-31(2)13-15-36(22-37-17-9-10-28(40)41-8)16-14-35(7)29(24(36)20-31)25(39)18-27-33(5)19-23-21-38-42-30(23)32(3,4)26(33)11-12-34(27,35)6/h18,21,24,26,29,37H,9-17,19-20,22H2,1-8H3/t24-,26-,29-,33-,34+,35+,36+/m0/s1. The van der Waals surface area contributed by atoms with E-state index in [9.17, 15) is 9.59 Å². The van der Waals surface area contributed by atoms with Crippen molar-refractivity contribution < 1.29 is 18.8 Å². The van der Waals surface area contributed by atoms with Crippen molar-refractivity contribution in [3.8, 4) is 0 Å². The molecule has 0 unspecified atom stereocenters. The Labute approximate surface area is 253 Å². The summed E-state index contributed by atoms with van der Waals surface area (Å²) in [5, 5.41) is 7.98. The van der Waals surface area contributed by atoms with Crippen LogP contribution in [-0.4, -0.2) is 37.1 Å². The molecule has 5 aliphatic carbocycles. The number of methoxy groups -OCH3 is 1. The van der Waals surface area contributed by atoms with Crippen molar-refractivity contribution in [2.24, 2.45) is 44.8 Å². The number of fused-ring (bicyclic) bond motifs is 8. The van der Waals surface area contributed by atoms with Gasteiger partial charge >= 0.3 is 5.97 Å². The number of aromatic nitrogens is 1. The second-order valence-electron chi connectivity index (χ2n) is 17.0. The maximum Gasteiger partial charge on any atom is 0.305 e. The number of hydrogen-bond donors (Lipinski definition) is 1. The Bertz CT molecular complexity index is 1290. The lowest BCUT2D eigenvalue weighted by atomic mass is 9.34. The highest BCUT2D eigenvalue weighted by Crippen LogP contribution is 2.74. The van der Waals surface area contributed by atoms with Gasteiger partial charge in [-0.1, -0.05) is 59.2 Å². The van der Waals surface area contributed by atoms with Crippen LogP contribution in [-0.2, 0) is 26.2 Å². The van der Waals surface area contributed by atoms with Gasteiger partial charge in [-0.05, 0) is 109 Å². The second kappa shape index (κ2) is 9.78. The normalized spacial score (nSPS) is 41.4. The van der Waals surface area contributed by atoms with Crippen LogP contribution in [0.4, 0.5) is 0 Å². The summed E-state index contributed by atoms with van der Waals surface area (Å²) in [5.41, 5.74) is 2.74. The van der Waals surface area contributed by atoms with Crippen LogP contribution in [0.1, 0.15) is 118 Å². The number of allylic oxidation sites excluding steroid dienone is 2. The Hall–Kier alpha value is -1.95. The molecule has 0 saturated heterocycles. The molecule has 42 heavy (non-hydrogen) atoms. The Morgan fingerprint density at radius 3 is 2.55 bits per heavy atom. The van der Waals surface area contributed by atoms with Gasteiger partial charge in [0.15, 0.2) is 5.78 Å². The molecule has 1 aromatic heterocycles. The molecule has 6 rings (SSSR count). The first-order valence-electron chi connectivity index (χ1n) is 16.6. The quantitative estimate of drug-likeness (QED) is 0.284. The largest absolute Gasteiger partial charge is 0.469 e. The summed E-state index contributed by atoms with van der Waals surface area (Å²) in [4.78, 5) is 26.4. The minimum Gasteiger partial charge on any atom is -0.469 e. The van der Waals surface area contributed by atoms with Crippen molar-refractivity contribution in [2.45, 2.75) is 118 Å². The van der Waals surface area contributed by atoms with E-state index in [2.05, 4.69) is 65.0 Å². The maximum absolute atomic E-state index is 14.7. The zero-order valence-corrected chi connectivity index (χ0v) is 27.5. The van der Waals surface area contributed by atoms with Gasteiger partial charge in [-0.3, -0.25) is 9.59 Å². The number of nitrogens with one attached hydrogen (secondary N) is 1. The number of carbonyl (C=O) groups is 2. The van der Waals surface area contributed by atoms with Gasteiger partial charge in [0.2, 0.25) is 0 Å². The molecule has 3 saturated carbocycles. The zero-order valence-electron chi connectivity index (χ0n) is 27.5. The summed E-state index contributed by atoms with van der Waals surface area (Å²) >= 11 is 0. The first-order valence-corrected chi connectivity index (χ1v) is 16.6. The molecule has 0 bridgehead atoms. The van der Waals surface area contributed by atoms with Crippen LogP contribution in [0, 0.1) is 44.8 Å². The lowest BCUT2D eigenvalue weighted by Gasteiger charge is -2.69. The minimum absolute atomic E-state index is 0.0106. The van der Waals surface area contributed by atoms with Crippen molar-refractivity contribution >= 4 is 11.8 Å². The Morgan fingerprint density at radius 1 is 1.07 bits per heavy atom. The van der Waals surface area contributed by atoms with Crippen molar-refractivity contribution in [2.75, 3.05) is 20.2 Å². The first kappa shape index (κ1) is 30.1. The fourth-order valence-electron chi connectivity index (χ4n) is 11.5. The third kappa shape index (κ3) is 4.16. The molecule has 232 valence electrons. The zero-order chi connectivity index (χ0) is 30.3. The SMILES string of the molecule is COC(=O)CCCNC[C@]12CCC(C)(C)C[C@H]1[C@H]1C(=O)C=C3[C@@]4(C)Cc5cnoc5C(C)(C)[C@@H]4CC[C@@]3(C)[C@]1(C)CC2. The molecule has 5 aliphatic rings. The van der Waals surface area contributed by atoms with E-state index < -0.39 is 0 Å². The molecule has 0 radical (unpaired) electrons. The molecule has 0 aliphatic heterocycles. The Kier molecular flexibility index (Phi) is 7.00. The lowest BCUT2D eigenvalue weighted by Crippen LogP contribution is -2.66. The van der Waals surface area contributed by atoms with E-state index >= 15 is 0 Å². The number of hydrogen-bond acceptors (Lipinski definition) is 6. The molecule has 3 fully saturated rings. The average Bonchev–Trinajstić information content (AvgIpc) is 3.39. The van der Waals surface area contributed by atoms with Crippen molar-refractivity contribution in [1.29, 1.82) is 0 Å². The van der Waals surface area contributed by atoms with E-state index in [0.29, 0.717) is 24.0 Å². The second-order valence-corrected chi connectivity index (χ2v) is 17.0. The topological polar surface area (TPSA) is 81.4 Å².